The van der Waals surface area contributed by atoms with E-state index in [9.17, 15) is 4.39 Å². The fourth-order valence-electron chi connectivity index (χ4n) is 2.22. The molecule has 5 N–H and O–H groups in total. The molecule has 0 aliphatic carbocycles. The number of hydrogen-bond donors (Lipinski definition) is 3. The predicted octanol–water partition coefficient (Wildman–Crippen LogP) is 3.63. The molecule has 2 aromatic rings. The predicted molar refractivity (Wildman–Crippen MR) is 86.9 cm³/mol. The van der Waals surface area contributed by atoms with Crippen molar-refractivity contribution >= 4 is 23.2 Å². The first-order valence-electron chi connectivity index (χ1n) is 6.72. The summed E-state index contributed by atoms with van der Waals surface area (Å²) in [7, 11) is 0. The first-order chi connectivity index (χ1) is 10.0. The van der Waals surface area contributed by atoms with Crippen LogP contribution in [0, 0.1) is 11.2 Å². The third kappa shape index (κ3) is 3.28. The minimum atomic E-state index is -0.282. The van der Waals surface area contributed by atoms with Crippen molar-refractivity contribution in [3.05, 3.63) is 65.0 Å². The molecular weight excluding hydrogens is 265 g/mol. The molecule has 21 heavy (non-hydrogen) atoms. The highest BCUT2D eigenvalue weighted by atomic mass is 19.1. The van der Waals surface area contributed by atoms with Crippen LogP contribution < -0.4 is 11.5 Å². The quantitative estimate of drug-likeness (QED) is 0.592. The first kappa shape index (κ1) is 14.8. The first-order valence-corrected chi connectivity index (χ1v) is 6.72. The van der Waals surface area contributed by atoms with Gasteiger partial charge < -0.3 is 16.9 Å². The van der Waals surface area contributed by atoms with E-state index in [1.165, 1.54) is 12.1 Å². The number of halogens is 1. The van der Waals surface area contributed by atoms with E-state index in [0.29, 0.717) is 29.1 Å². The van der Waals surface area contributed by atoms with Crippen molar-refractivity contribution in [2.45, 2.75) is 13.3 Å². The molecule has 0 aliphatic heterocycles. The summed E-state index contributed by atoms with van der Waals surface area (Å²) < 4.78 is 12.8. The molecule has 2 aromatic carbocycles. The van der Waals surface area contributed by atoms with Crippen LogP contribution in [0.5, 0.6) is 0 Å². The molecule has 0 bridgehead atoms. The maximum absolute atomic E-state index is 12.8. The summed E-state index contributed by atoms with van der Waals surface area (Å²) in [5, 5.41) is 8.21. The van der Waals surface area contributed by atoms with Crippen molar-refractivity contribution in [3.8, 4) is 0 Å². The van der Waals surface area contributed by atoms with Gasteiger partial charge in [0.2, 0.25) is 0 Å². The summed E-state index contributed by atoms with van der Waals surface area (Å²) in [6.45, 7) is 1.98. The second-order valence-corrected chi connectivity index (χ2v) is 4.75. The molecule has 0 aliphatic rings. The van der Waals surface area contributed by atoms with E-state index < -0.39 is 0 Å². The van der Waals surface area contributed by atoms with Gasteiger partial charge in [-0.25, -0.2) is 4.39 Å². The Morgan fingerprint density at radius 2 is 1.71 bits per heavy atom. The molecule has 0 heterocycles. The minimum Gasteiger partial charge on any atom is -0.398 e. The maximum Gasteiger partial charge on any atom is 0.123 e. The number of allylic oxidation sites excluding steroid dienone is 1. The van der Waals surface area contributed by atoms with Crippen molar-refractivity contribution in [3.63, 3.8) is 0 Å². The van der Waals surface area contributed by atoms with E-state index in [4.69, 9.17) is 16.9 Å². The van der Waals surface area contributed by atoms with Crippen molar-refractivity contribution in [2.24, 2.45) is 0 Å². The van der Waals surface area contributed by atoms with Crippen LogP contribution in [0.1, 0.15) is 23.6 Å². The fraction of sp³-hybridized carbons (Fsp3) is 0.118. The van der Waals surface area contributed by atoms with Gasteiger partial charge in [-0.1, -0.05) is 25.1 Å². The van der Waals surface area contributed by atoms with Crippen LogP contribution in [0.25, 0.3) is 6.08 Å². The van der Waals surface area contributed by atoms with Gasteiger partial charge >= 0.3 is 0 Å². The van der Waals surface area contributed by atoms with Gasteiger partial charge in [0, 0.05) is 16.9 Å². The number of benzene rings is 2. The van der Waals surface area contributed by atoms with Gasteiger partial charge in [-0.05, 0) is 47.9 Å². The molecule has 0 fully saturated rings. The third-order valence-corrected chi connectivity index (χ3v) is 3.32. The molecule has 0 radical (unpaired) electrons. The standard InChI is InChI=1S/C17H18FN3/c1-2-13-14(19)9-10-16(21)17(13)15(20)8-5-11-3-6-12(18)7-4-11/h3-10,20H,2,19,21H2,1H3/b8-5+,20-15?. The van der Waals surface area contributed by atoms with Gasteiger partial charge in [-0.15, -0.1) is 0 Å². The number of hydrogen-bond acceptors (Lipinski definition) is 3. The summed E-state index contributed by atoms with van der Waals surface area (Å²) in [4.78, 5) is 0. The molecule has 0 atom stereocenters. The third-order valence-electron chi connectivity index (χ3n) is 3.32. The monoisotopic (exact) mass is 283 g/mol. The summed E-state index contributed by atoms with van der Waals surface area (Å²) in [5.41, 5.74) is 15.8. The number of anilines is 2. The van der Waals surface area contributed by atoms with E-state index in [-0.39, 0.29) is 5.82 Å². The summed E-state index contributed by atoms with van der Waals surface area (Å²) in [6, 6.07) is 9.55. The van der Waals surface area contributed by atoms with Crippen molar-refractivity contribution in [1.82, 2.24) is 0 Å². The van der Waals surface area contributed by atoms with E-state index in [2.05, 4.69) is 0 Å². The molecule has 0 spiro atoms. The Morgan fingerprint density at radius 1 is 1.10 bits per heavy atom. The highest BCUT2D eigenvalue weighted by Gasteiger charge is 2.11. The van der Waals surface area contributed by atoms with Crippen LogP contribution in [-0.2, 0) is 6.42 Å². The molecule has 2 rings (SSSR count). The average Bonchev–Trinajstić information content (AvgIpc) is 2.48. The lowest BCUT2D eigenvalue weighted by molar-refractivity contribution is 0.628. The van der Waals surface area contributed by atoms with Crippen LogP contribution >= 0.6 is 0 Å². The smallest absolute Gasteiger partial charge is 0.123 e. The molecule has 0 saturated carbocycles. The Labute approximate surface area is 123 Å². The summed E-state index contributed by atoms with van der Waals surface area (Å²) >= 11 is 0. The van der Waals surface area contributed by atoms with Crippen molar-refractivity contribution in [1.29, 1.82) is 5.41 Å². The van der Waals surface area contributed by atoms with Gasteiger partial charge in [0.1, 0.15) is 5.82 Å². The zero-order valence-electron chi connectivity index (χ0n) is 11.9. The van der Waals surface area contributed by atoms with E-state index in [0.717, 1.165) is 11.1 Å². The van der Waals surface area contributed by atoms with Crippen LogP contribution in [0.4, 0.5) is 15.8 Å². The highest BCUT2D eigenvalue weighted by Crippen LogP contribution is 2.25. The van der Waals surface area contributed by atoms with Crippen LogP contribution in [0.15, 0.2) is 42.5 Å². The lowest BCUT2D eigenvalue weighted by Gasteiger charge is -2.12. The van der Waals surface area contributed by atoms with E-state index in [1.807, 2.05) is 6.92 Å². The van der Waals surface area contributed by atoms with Crippen LogP contribution in [-0.4, -0.2) is 5.71 Å². The maximum atomic E-state index is 12.8. The second-order valence-electron chi connectivity index (χ2n) is 4.75. The molecule has 0 unspecified atom stereocenters. The number of rotatable bonds is 4. The topological polar surface area (TPSA) is 75.9 Å². The molecule has 0 amide bonds. The van der Waals surface area contributed by atoms with E-state index >= 15 is 0 Å². The molecular formula is C17H18FN3. The van der Waals surface area contributed by atoms with Gasteiger partial charge in [-0.2, -0.15) is 0 Å². The Kier molecular flexibility index (Phi) is 4.38. The molecule has 4 heteroatoms. The lowest BCUT2D eigenvalue weighted by Crippen LogP contribution is -2.08. The normalized spacial score (nSPS) is 11.0. The molecule has 0 aromatic heterocycles. The second kappa shape index (κ2) is 6.22. The summed E-state index contributed by atoms with van der Waals surface area (Å²) in [6.07, 6.45) is 4.11. The number of nitrogens with one attached hydrogen (secondary N) is 1. The van der Waals surface area contributed by atoms with Gasteiger partial charge in [0.25, 0.3) is 0 Å². The van der Waals surface area contributed by atoms with Gasteiger partial charge in [0.05, 0.1) is 5.71 Å². The number of nitrogen functional groups attached to an aromatic ring is 2. The number of nitrogens with two attached hydrogens (primary N) is 2. The largest absolute Gasteiger partial charge is 0.398 e. The summed E-state index contributed by atoms with van der Waals surface area (Å²) in [5.74, 6) is -0.282. The zero-order chi connectivity index (χ0) is 15.4. The fourth-order valence-corrected chi connectivity index (χ4v) is 2.22. The molecule has 108 valence electrons. The average molecular weight is 283 g/mol. The highest BCUT2D eigenvalue weighted by molar-refractivity contribution is 6.13. The Morgan fingerprint density at radius 3 is 2.33 bits per heavy atom. The Hall–Kier alpha value is -2.62. The SMILES string of the molecule is CCc1c(N)ccc(N)c1C(=N)/C=C/c1ccc(F)cc1. The van der Waals surface area contributed by atoms with Crippen LogP contribution in [0.2, 0.25) is 0 Å². The lowest BCUT2D eigenvalue weighted by atomic mass is 9.96. The molecule has 3 nitrogen and oxygen atoms in total. The Balaban J connectivity index is 2.32. The Bertz CT molecular complexity index is 688. The minimum absolute atomic E-state index is 0.282. The van der Waals surface area contributed by atoms with Crippen molar-refractivity contribution < 1.29 is 4.39 Å². The zero-order valence-corrected chi connectivity index (χ0v) is 11.9. The van der Waals surface area contributed by atoms with E-state index in [1.54, 1.807) is 36.4 Å². The van der Waals surface area contributed by atoms with Crippen LogP contribution in [0.3, 0.4) is 0 Å². The van der Waals surface area contributed by atoms with Gasteiger partial charge in [-0.3, -0.25) is 0 Å². The molecule has 0 saturated heterocycles. The van der Waals surface area contributed by atoms with Crippen molar-refractivity contribution in [2.75, 3.05) is 11.5 Å². The van der Waals surface area contributed by atoms with Gasteiger partial charge in [0.15, 0.2) is 0 Å².